The van der Waals surface area contributed by atoms with Crippen molar-refractivity contribution in [3.05, 3.63) is 63.0 Å². The van der Waals surface area contributed by atoms with Crippen molar-refractivity contribution in [2.75, 3.05) is 4.72 Å². The number of halogens is 3. The topological polar surface area (TPSA) is 66.4 Å². The van der Waals surface area contributed by atoms with Crippen LogP contribution in [-0.2, 0) is 10.0 Å². The molecular formula is C16H10BrCl2NO3S. The number of phenols is 1. The Balaban J connectivity index is 2.18. The number of fused-ring (bicyclic) bond motifs is 1. The van der Waals surface area contributed by atoms with Gasteiger partial charge >= 0.3 is 0 Å². The van der Waals surface area contributed by atoms with Gasteiger partial charge in [0, 0.05) is 15.2 Å². The Morgan fingerprint density at radius 3 is 2.12 bits per heavy atom. The van der Waals surface area contributed by atoms with Gasteiger partial charge < -0.3 is 5.11 Å². The van der Waals surface area contributed by atoms with E-state index in [1.807, 2.05) is 0 Å². The van der Waals surface area contributed by atoms with Gasteiger partial charge in [0.25, 0.3) is 10.0 Å². The summed E-state index contributed by atoms with van der Waals surface area (Å²) in [5, 5.41) is 10.8. The molecule has 4 nitrogen and oxygen atoms in total. The average molecular weight is 447 g/mol. The lowest BCUT2D eigenvalue weighted by Crippen LogP contribution is -2.13. The lowest BCUT2D eigenvalue weighted by Gasteiger charge is -2.15. The summed E-state index contributed by atoms with van der Waals surface area (Å²) >= 11 is 15.5. The second kappa shape index (κ2) is 6.44. The normalized spacial score (nSPS) is 11.6. The number of aromatic hydroxyl groups is 1. The predicted molar refractivity (Wildman–Crippen MR) is 101 cm³/mol. The second-order valence-electron chi connectivity index (χ2n) is 4.96. The van der Waals surface area contributed by atoms with Crippen LogP contribution in [0, 0.1) is 0 Å². The van der Waals surface area contributed by atoms with Gasteiger partial charge in [0.2, 0.25) is 0 Å². The summed E-state index contributed by atoms with van der Waals surface area (Å²) in [4.78, 5) is 0.0787. The highest BCUT2D eigenvalue weighted by Gasteiger charge is 2.21. The third-order valence-electron chi connectivity index (χ3n) is 3.43. The number of hydrogen-bond acceptors (Lipinski definition) is 3. The minimum Gasteiger partial charge on any atom is -0.506 e. The van der Waals surface area contributed by atoms with Gasteiger partial charge in [-0.25, -0.2) is 8.42 Å². The minimum atomic E-state index is -3.87. The molecule has 3 aromatic carbocycles. The third kappa shape index (κ3) is 3.07. The van der Waals surface area contributed by atoms with Crippen LogP contribution in [0.15, 0.2) is 57.9 Å². The predicted octanol–water partition coefficient (Wildman–Crippen LogP) is 5.42. The fourth-order valence-corrected chi connectivity index (χ4v) is 4.11. The van der Waals surface area contributed by atoms with Gasteiger partial charge in [0.15, 0.2) is 0 Å². The Morgan fingerprint density at radius 1 is 0.917 bits per heavy atom. The fraction of sp³-hybridized carbons (Fsp3) is 0. The lowest BCUT2D eigenvalue weighted by atomic mass is 10.1. The van der Waals surface area contributed by atoms with Crippen molar-refractivity contribution >= 4 is 65.6 Å². The van der Waals surface area contributed by atoms with Crippen LogP contribution in [0.4, 0.5) is 5.69 Å². The number of anilines is 1. The summed E-state index contributed by atoms with van der Waals surface area (Å²) in [6.45, 7) is 0. The molecule has 0 unspecified atom stereocenters. The van der Waals surface area contributed by atoms with Gasteiger partial charge in [-0.15, -0.1) is 0 Å². The highest BCUT2D eigenvalue weighted by atomic mass is 79.9. The minimum absolute atomic E-state index is 0.0615. The molecule has 3 aromatic rings. The fourth-order valence-electron chi connectivity index (χ4n) is 2.26. The maximum absolute atomic E-state index is 12.6. The third-order valence-corrected chi connectivity index (χ3v) is 6.17. The number of benzene rings is 3. The maximum Gasteiger partial charge on any atom is 0.261 e. The van der Waals surface area contributed by atoms with Crippen LogP contribution in [0.5, 0.6) is 5.75 Å². The molecule has 2 N–H and O–H groups in total. The second-order valence-corrected chi connectivity index (χ2v) is 8.31. The Hall–Kier alpha value is -1.47. The van der Waals surface area contributed by atoms with E-state index < -0.39 is 10.0 Å². The summed E-state index contributed by atoms with van der Waals surface area (Å²) in [5.41, 5.74) is 0.123. The quantitative estimate of drug-likeness (QED) is 0.528. The van der Waals surface area contributed by atoms with Gasteiger partial charge in [0.1, 0.15) is 10.8 Å². The zero-order valence-corrected chi connectivity index (χ0v) is 15.8. The Morgan fingerprint density at radius 2 is 1.50 bits per heavy atom. The Kier molecular flexibility index (Phi) is 4.66. The molecule has 24 heavy (non-hydrogen) atoms. The molecule has 0 aromatic heterocycles. The molecule has 0 aliphatic rings. The Bertz CT molecular complexity index is 1040. The molecule has 124 valence electrons. The number of phenolic OH excluding ortho intramolecular Hbond substituents is 1. The van der Waals surface area contributed by atoms with Crippen LogP contribution in [-0.4, -0.2) is 13.5 Å². The molecule has 3 rings (SSSR count). The highest BCUT2D eigenvalue weighted by molar-refractivity contribution is 9.10. The van der Waals surface area contributed by atoms with Crippen LogP contribution in [0.2, 0.25) is 10.0 Å². The number of hydrogen-bond donors (Lipinski definition) is 2. The van der Waals surface area contributed by atoms with Gasteiger partial charge in [0.05, 0.1) is 15.6 Å². The van der Waals surface area contributed by atoms with Gasteiger partial charge in [-0.1, -0.05) is 63.4 Å². The first kappa shape index (κ1) is 17.4. The smallest absolute Gasteiger partial charge is 0.261 e. The van der Waals surface area contributed by atoms with Crippen LogP contribution in [0.25, 0.3) is 10.8 Å². The SMILES string of the molecule is O=S(=O)(Nc1c(Cl)c(Cl)c(O)c2ccccc12)c1ccc(Br)cc1. The molecule has 0 bridgehead atoms. The van der Waals surface area contributed by atoms with Crippen LogP contribution in [0.3, 0.4) is 0 Å². The van der Waals surface area contributed by atoms with Crippen molar-refractivity contribution in [1.82, 2.24) is 0 Å². The molecule has 0 saturated carbocycles. The molecule has 0 heterocycles. The van der Waals surface area contributed by atoms with Crippen LogP contribution >= 0.6 is 39.1 Å². The summed E-state index contributed by atoms with van der Waals surface area (Å²) in [6, 6.07) is 12.9. The van der Waals surface area contributed by atoms with E-state index in [-0.39, 0.29) is 26.4 Å². The molecule has 0 amide bonds. The van der Waals surface area contributed by atoms with E-state index in [1.54, 1.807) is 36.4 Å². The summed E-state index contributed by atoms with van der Waals surface area (Å²) in [5.74, 6) is -0.191. The number of rotatable bonds is 3. The largest absolute Gasteiger partial charge is 0.506 e. The number of sulfonamides is 1. The average Bonchev–Trinajstić information content (AvgIpc) is 2.57. The zero-order chi connectivity index (χ0) is 17.5. The molecule has 0 atom stereocenters. The van der Waals surface area contributed by atoms with Crippen LogP contribution in [0.1, 0.15) is 0 Å². The van der Waals surface area contributed by atoms with Gasteiger partial charge in [-0.3, -0.25) is 4.72 Å². The molecule has 0 fully saturated rings. The first-order chi connectivity index (χ1) is 11.3. The van der Waals surface area contributed by atoms with Crippen molar-refractivity contribution in [3.8, 4) is 5.75 Å². The van der Waals surface area contributed by atoms with Crippen molar-refractivity contribution < 1.29 is 13.5 Å². The first-order valence-electron chi connectivity index (χ1n) is 6.68. The zero-order valence-electron chi connectivity index (χ0n) is 11.9. The molecule has 0 saturated heterocycles. The molecule has 0 aliphatic heterocycles. The van der Waals surface area contributed by atoms with E-state index in [0.29, 0.717) is 10.8 Å². The molecule has 8 heteroatoms. The van der Waals surface area contributed by atoms with E-state index in [4.69, 9.17) is 23.2 Å². The van der Waals surface area contributed by atoms with Crippen molar-refractivity contribution in [2.24, 2.45) is 0 Å². The monoisotopic (exact) mass is 445 g/mol. The standard InChI is InChI=1S/C16H10BrCl2NO3S/c17-9-5-7-10(8-6-9)24(22,23)20-15-11-3-1-2-4-12(11)16(21)14(19)13(15)18/h1-8,20-21H. The summed E-state index contributed by atoms with van der Waals surface area (Å²) < 4.78 is 28.5. The first-order valence-corrected chi connectivity index (χ1v) is 9.71. The van der Waals surface area contributed by atoms with Crippen LogP contribution < -0.4 is 4.72 Å². The molecular weight excluding hydrogens is 437 g/mol. The lowest BCUT2D eigenvalue weighted by molar-refractivity contribution is 0.482. The van der Waals surface area contributed by atoms with Gasteiger partial charge in [-0.05, 0) is 24.3 Å². The number of nitrogens with one attached hydrogen (secondary N) is 1. The highest BCUT2D eigenvalue weighted by Crippen LogP contribution is 2.45. The van der Waals surface area contributed by atoms with E-state index in [1.165, 1.54) is 12.1 Å². The molecule has 0 radical (unpaired) electrons. The van der Waals surface area contributed by atoms with Crippen molar-refractivity contribution in [3.63, 3.8) is 0 Å². The summed E-state index contributed by atoms with van der Waals surface area (Å²) in [7, 11) is -3.87. The Labute approximate surface area is 157 Å². The maximum atomic E-state index is 12.6. The molecule has 0 spiro atoms. The van der Waals surface area contributed by atoms with Crippen molar-refractivity contribution in [1.29, 1.82) is 0 Å². The van der Waals surface area contributed by atoms with Crippen molar-refractivity contribution in [2.45, 2.75) is 4.90 Å². The van der Waals surface area contributed by atoms with E-state index >= 15 is 0 Å². The summed E-state index contributed by atoms with van der Waals surface area (Å²) in [6.07, 6.45) is 0. The van der Waals surface area contributed by atoms with E-state index in [0.717, 1.165) is 4.47 Å². The van der Waals surface area contributed by atoms with Gasteiger partial charge in [-0.2, -0.15) is 0 Å². The van der Waals surface area contributed by atoms with E-state index in [2.05, 4.69) is 20.7 Å². The van der Waals surface area contributed by atoms with E-state index in [9.17, 15) is 13.5 Å². The molecule has 0 aliphatic carbocycles.